The number of carboxylic acids is 1. The summed E-state index contributed by atoms with van der Waals surface area (Å²) in [7, 11) is 0. The van der Waals surface area contributed by atoms with E-state index in [9.17, 15) is 14.7 Å². The van der Waals surface area contributed by atoms with Gasteiger partial charge in [-0.25, -0.2) is 4.79 Å². The number of hydrogen-bond acceptors (Lipinski definition) is 5. The lowest BCUT2D eigenvalue weighted by atomic mass is 9.89. The van der Waals surface area contributed by atoms with Gasteiger partial charge in [-0.05, 0) is 42.4 Å². The Balaban J connectivity index is 1.41. The standard InChI is InChI=1S/C20H23N3O3S/c24-18(11-17-13-27-20-21-7-3-9-23(17)20)22-8-2-6-16(12-22)14-4-1-5-15(10-14)19(25)26/h1,4-5,10,13,16H,2-3,6-9,11-12H2,(H,25,26)/t16-/m0/s1. The number of fused-ring (bicyclic) bond motifs is 1. The van der Waals surface area contributed by atoms with Gasteiger partial charge in [-0.1, -0.05) is 23.9 Å². The summed E-state index contributed by atoms with van der Waals surface area (Å²) >= 11 is 1.61. The number of amides is 1. The van der Waals surface area contributed by atoms with E-state index in [2.05, 4.69) is 15.3 Å². The van der Waals surface area contributed by atoms with Crippen molar-refractivity contribution in [1.29, 1.82) is 0 Å². The van der Waals surface area contributed by atoms with Gasteiger partial charge in [0.1, 0.15) is 0 Å². The molecule has 0 radical (unpaired) electrons. The van der Waals surface area contributed by atoms with Crippen molar-refractivity contribution in [3.05, 3.63) is 46.5 Å². The Labute approximate surface area is 162 Å². The van der Waals surface area contributed by atoms with Crippen LogP contribution in [0.25, 0.3) is 0 Å². The third-order valence-electron chi connectivity index (χ3n) is 5.38. The van der Waals surface area contributed by atoms with Gasteiger partial charge in [-0.2, -0.15) is 0 Å². The Kier molecular flexibility index (Phi) is 5.20. The average molecular weight is 385 g/mol. The van der Waals surface area contributed by atoms with Crippen LogP contribution in [0.1, 0.15) is 47.5 Å². The van der Waals surface area contributed by atoms with Gasteiger partial charge >= 0.3 is 5.97 Å². The molecule has 142 valence electrons. The molecule has 3 aliphatic heterocycles. The number of piperidine rings is 1. The Bertz CT molecular complexity index is 820. The number of thioether (sulfide) groups is 1. The highest BCUT2D eigenvalue weighted by atomic mass is 32.2. The molecule has 0 saturated carbocycles. The molecule has 1 fully saturated rings. The van der Waals surface area contributed by atoms with Gasteiger partial charge in [0.15, 0.2) is 5.17 Å². The summed E-state index contributed by atoms with van der Waals surface area (Å²) in [5.74, 6) is -0.570. The van der Waals surface area contributed by atoms with Crippen molar-refractivity contribution < 1.29 is 14.7 Å². The molecule has 1 atom stereocenters. The van der Waals surface area contributed by atoms with Crippen LogP contribution in [0.3, 0.4) is 0 Å². The second-order valence-corrected chi connectivity index (χ2v) is 8.02. The number of aliphatic imine (C=N–C) groups is 1. The zero-order valence-electron chi connectivity index (χ0n) is 15.1. The molecular formula is C20H23N3O3S. The monoisotopic (exact) mass is 385 g/mol. The molecule has 0 spiro atoms. The lowest BCUT2D eigenvalue weighted by Crippen LogP contribution is -2.40. The minimum atomic E-state index is -0.912. The number of hydrogen-bond donors (Lipinski definition) is 1. The summed E-state index contributed by atoms with van der Waals surface area (Å²) in [4.78, 5) is 32.7. The van der Waals surface area contributed by atoms with Crippen LogP contribution in [-0.4, -0.2) is 58.1 Å². The zero-order chi connectivity index (χ0) is 18.8. The summed E-state index contributed by atoms with van der Waals surface area (Å²) in [6.45, 7) is 3.24. The number of carboxylic acid groups (broad SMARTS) is 1. The van der Waals surface area contributed by atoms with E-state index in [-0.39, 0.29) is 11.8 Å². The van der Waals surface area contributed by atoms with Gasteiger partial charge < -0.3 is 14.9 Å². The predicted molar refractivity (Wildman–Crippen MR) is 106 cm³/mol. The summed E-state index contributed by atoms with van der Waals surface area (Å²) in [5.41, 5.74) is 2.37. The SMILES string of the molecule is O=C(O)c1cccc([C@H]2CCCN(C(=O)CC3=CSC4=NCCCN34)C2)c1. The van der Waals surface area contributed by atoms with Crippen LogP contribution >= 0.6 is 11.8 Å². The van der Waals surface area contributed by atoms with Crippen LogP contribution < -0.4 is 0 Å². The Morgan fingerprint density at radius 2 is 2.15 bits per heavy atom. The molecule has 0 bridgehead atoms. The van der Waals surface area contributed by atoms with Gasteiger partial charge in [-0.3, -0.25) is 9.79 Å². The van der Waals surface area contributed by atoms with Crippen LogP contribution in [-0.2, 0) is 4.79 Å². The highest BCUT2D eigenvalue weighted by Gasteiger charge is 2.30. The van der Waals surface area contributed by atoms with Gasteiger partial charge in [0, 0.05) is 37.8 Å². The molecule has 1 N–H and O–H groups in total. The molecule has 0 aliphatic carbocycles. The fraction of sp³-hybridized carbons (Fsp3) is 0.450. The largest absolute Gasteiger partial charge is 0.478 e. The van der Waals surface area contributed by atoms with E-state index in [1.54, 1.807) is 30.0 Å². The van der Waals surface area contributed by atoms with Crippen molar-refractivity contribution in [2.24, 2.45) is 4.99 Å². The number of carbonyl (C=O) groups is 2. The van der Waals surface area contributed by atoms with E-state index >= 15 is 0 Å². The van der Waals surface area contributed by atoms with Gasteiger partial charge in [-0.15, -0.1) is 0 Å². The Morgan fingerprint density at radius 3 is 3.00 bits per heavy atom. The summed E-state index contributed by atoms with van der Waals surface area (Å²) in [6, 6.07) is 7.11. The van der Waals surface area contributed by atoms with Crippen molar-refractivity contribution in [1.82, 2.24) is 9.80 Å². The normalized spacial score (nSPS) is 22.1. The molecule has 7 heteroatoms. The maximum absolute atomic E-state index is 12.9. The van der Waals surface area contributed by atoms with Crippen LogP contribution in [0.2, 0.25) is 0 Å². The maximum atomic E-state index is 12.9. The van der Waals surface area contributed by atoms with Gasteiger partial charge in [0.05, 0.1) is 12.0 Å². The number of likely N-dealkylation sites (tertiary alicyclic amines) is 1. The van der Waals surface area contributed by atoms with Crippen molar-refractivity contribution in [2.75, 3.05) is 26.2 Å². The first-order valence-corrected chi connectivity index (χ1v) is 10.3. The first-order valence-electron chi connectivity index (χ1n) is 9.40. The third kappa shape index (κ3) is 3.88. The minimum Gasteiger partial charge on any atom is -0.478 e. The number of aromatic carboxylic acids is 1. The fourth-order valence-electron chi connectivity index (χ4n) is 3.94. The minimum absolute atomic E-state index is 0.146. The Hall–Kier alpha value is -2.28. The lowest BCUT2D eigenvalue weighted by Gasteiger charge is -2.34. The number of rotatable bonds is 4. The smallest absolute Gasteiger partial charge is 0.335 e. The first-order chi connectivity index (χ1) is 13.1. The van der Waals surface area contributed by atoms with E-state index in [0.29, 0.717) is 18.5 Å². The summed E-state index contributed by atoms with van der Waals surface area (Å²) in [5, 5.41) is 12.3. The van der Waals surface area contributed by atoms with E-state index in [1.807, 2.05) is 11.0 Å². The maximum Gasteiger partial charge on any atom is 0.335 e. The average Bonchev–Trinajstić information content (AvgIpc) is 3.11. The molecule has 0 aromatic heterocycles. The molecule has 3 heterocycles. The molecule has 1 aromatic rings. The van der Waals surface area contributed by atoms with Crippen LogP contribution in [0.5, 0.6) is 0 Å². The first kappa shape index (κ1) is 18.1. The molecule has 6 nitrogen and oxygen atoms in total. The second kappa shape index (κ2) is 7.76. The quantitative estimate of drug-likeness (QED) is 0.862. The third-order valence-corrected chi connectivity index (χ3v) is 6.33. The van der Waals surface area contributed by atoms with Crippen molar-refractivity contribution in [2.45, 2.75) is 31.6 Å². The molecule has 3 aliphatic rings. The molecule has 27 heavy (non-hydrogen) atoms. The highest BCUT2D eigenvalue weighted by Crippen LogP contribution is 2.32. The van der Waals surface area contributed by atoms with E-state index in [4.69, 9.17) is 0 Å². The van der Waals surface area contributed by atoms with Crippen LogP contribution in [0, 0.1) is 0 Å². The number of amidine groups is 1. The fourth-order valence-corrected chi connectivity index (χ4v) is 4.90. The van der Waals surface area contributed by atoms with E-state index in [0.717, 1.165) is 55.3 Å². The lowest BCUT2D eigenvalue weighted by molar-refractivity contribution is -0.131. The summed E-state index contributed by atoms with van der Waals surface area (Å²) < 4.78 is 0. The van der Waals surface area contributed by atoms with Crippen LogP contribution in [0.15, 0.2) is 40.4 Å². The molecule has 4 rings (SSSR count). The molecule has 1 amide bonds. The second-order valence-electron chi connectivity index (χ2n) is 7.18. The number of carbonyl (C=O) groups excluding carboxylic acids is 1. The molecule has 1 saturated heterocycles. The predicted octanol–water partition coefficient (Wildman–Crippen LogP) is 3.13. The van der Waals surface area contributed by atoms with E-state index in [1.165, 1.54) is 0 Å². The Morgan fingerprint density at radius 1 is 1.26 bits per heavy atom. The molecule has 0 unspecified atom stereocenters. The van der Waals surface area contributed by atoms with Gasteiger partial charge in [0.2, 0.25) is 5.91 Å². The number of benzene rings is 1. The summed E-state index contributed by atoms with van der Waals surface area (Å²) in [6.07, 6.45) is 3.36. The van der Waals surface area contributed by atoms with Crippen molar-refractivity contribution in [3.63, 3.8) is 0 Å². The van der Waals surface area contributed by atoms with Crippen LogP contribution in [0.4, 0.5) is 0 Å². The number of nitrogens with zero attached hydrogens (tertiary/aromatic N) is 3. The van der Waals surface area contributed by atoms with Crippen molar-refractivity contribution >= 4 is 28.8 Å². The zero-order valence-corrected chi connectivity index (χ0v) is 16.0. The topological polar surface area (TPSA) is 73.2 Å². The van der Waals surface area contributed by atoms with Crippen molar-refractivity contribution in [3.8, 4) is 0 Å². The van der Waals surface area contributed by atoms with E-state index < -0.39 is 5.97 Å². The highest BCUT2D eigenvalue weighted by molar-refractivity contribution is 8.16. The molecule has 1 aromatic carbocycles. The molecular weight excluding hydrogens is 362 g/mol. The van der Waals surface area contributed by atoms with Gasteiger partial charge in [0.25, 0.3) is 0 Å².